The summed E-state index contributed by atoms with van der Waals surface area (Å²) in [5.74, 6) is 0. The molecular weight excluding hydrogens is 422 g/mol. The maximum atomic E-state index is 2.22. The Balaban J connectivity index is 0. The van der Waals surface area contributed by atoms with Gasteiger partial charge in [-0.3, -0.25) is 0 Å². The molecule has 4 aromatic rings. The van der Waals surface area contributed by atoms with Crippen LogP contribution in [0.25, 0.3) is 21.5 Å². The van der Waals surface area contributed by atoms with E-state index in [1.54, 1.807) is 0 Å². The van der Waals surface area contributed by atoms with E-state index in [1.165, 1.54) is 43.2 Å². The molecule has 26 heavy (non-hydrogen) atoms. The van der Waals surface area contributed by atoms with Gasteiger partial charge in [0.2, 0.25) is 0 Å². The van der Waals surface area contributed by atoms with E-state index in [0.717, 1.165) is 0 Å². The van der Waals surface area contributed by atoms with Crippen LogP contribution < -0.4 is 9.41 Å². The third-order valence-corrected chi connectivity index (χ3v) is 4.60. The van der Waals surface area contributed by atoms with Crippen molar-refractivity contribution in [1.29, 1.82) is 0 Å². The molecule has 0 bridgehead atoms. The number of benzene rings is 2. The molecule has 0 spiro atoms. The number of rotatable bonds is 2. The minimum absolute atomic E-state index is 0. The summed E-state index contributed by atoms with van der Waals surface area (Å²) in [4.78, 5) is 0. The van der Waals surface area contributed by atoms with Crippen LogP contribution in [0.15, 0.2) is 84.9 Å². The van der Waals surface area contributed by atoms with E-state index in [9.17, 15) is 0 Å². The van der Waals surface area contributed by atoms with Gasteiger partial charge in [0.1, 0.15) is 0 Å². The van der Waals surface area contributed by atoms with E-state index < -0.39 is 0 Å². The molecule has 0 unspecified atom stereocenters. The second-order valence-corrected chi connectivity index (χ2v) is 7.18. The smallest absolute Gasteiger partial charge is 1.00 e. The molecule has 0 aliphatic heterocycles. The molecule has 4 heteroatoms. The van der Waals surface area contributed by atoms with Gasteiger partial charge < -0.3 is 9.41 Å². The van der Waals surface area contributed by atoms with E-state index in [2.05, 4.69) is 98.8 Å². The maximum absolute atomic E-state index is 2.22. The molecule has 0 heterocycles. The Morgan fingerprint density at radius 1 is 0.654 bits per heavy atom. The Hall–Kier alpha value is -1.38. The van der Waals surface area contributed by atoms with Crippen LogP contribution in [0.2, 0.25) is 12.1 Å². The van der Waals surface area contributed by atoms with Crippen LogP contribution in [0.1, 0.15) is 13.8 Å². The normalized spacial score (nSPS) is 8.69. The zero-order chi connectivity index (χ0) is 16.3. The van der Waals surface area contributed by atoms with Crippen molar-refractivity contribution in [2.24, 2.45) is 0 Å². The standard InChI is InChI=1S/2C9H7.C4H10Si.2FH.Zr/c2*1-2-5-9-7-3-6-8(9)4-1;1-3-5-4-2;;;/h2*1-7H;3-4H2,1-2H3;2*1H;/q2*-1;;;;+4/p-2. The van der Waals surface area contributed by atoms with Gasteiger partial charge in [-0.05, 0) is 0 Å². The molecule has 0 N–H and O–H groups in total. The Bertz CT molecular complexity index is 679. The van der Waals surface area contributed by atoms with Crippen molar-refractivity contribution in [2.45, 2.75) is 25.9 Å². The van der Waals surface area contributed by atoms with Crippen molar-refractivity contribution in [2.75, 3.05) is 0 Å². The second-order valence-electron chi connectivity index (χ2n) is 5.27. The largest absolute Gasteiger partial charge is 4.00 e. The first-order chi connectivity index (χ1) is 11.3. The number of hydrogen-bond donors (Lipinski definition) is 0. The SMILES string of the molecule is CC[Si]CC.[F-].[F-].[Zr+4].c1ccc2[cH-]ccc2c1.c1ccc2[cH-]ccc2c1. The summed E-state index contributed by atoms with van der Waals surface area (Å²) >= 11 is 0. The molecule has 0 aliphatic rings. The molecule has 0 saturated heterocycles. The minimum Gasteiger partial charge on any atom is -1.00 e. The molecule has 0 amide bonds. The summed E-state index contributed by atoms with van der Waals surface area (Å²) in [6, 6.07) is 32.1. The molecule has 0 aliphatic carbocycles. The molecule has 0 nitrogen and oxygen atoms in total. The second kappa shape index (κ2) is 15.8. The third-order valence-electron chi connectivity index (χ3n) is 3.60. The summed E-state index contributed by atoms with van der Waals surface area (Å²) in [5.41, 5.74) is 0. The molecular formula is C22H24F2SiZr. The van der Waals surface area contributed by atoms with Crippen LogP contribution in [0.5, 0.6) is 0 Å². The fraction of sp³-hybridized carbons (Fsp3) is 0.182. The van der Waals surface area contributed by atoms with E-state index in [0.29, 0.717) is 0 Å². The first-order valence-corrected chi connectivity index (χ1v) is 9.68. The van der Waals surface area contributed by atoms with Crippen molar-refractivity contribution in [3.8, 4) is 0 Å². The number of halogens is 2. The van der Waals surface area contributed by atoms with Crippen LogP contribution in [-0.4, -0.2) is 9.52 Å². The number of hydrogen-bond acceptors (Lipinski definition) is 0. The van der Waals surface area contributed by atoms with Gasteiger partial charge in [0.25, 0.3) is 0 Å². The zero-order valence-electron chi connectivity index (χ0n) is 15.3. The molecule has 0 aromatic heterocycles. The van der Waals surface area contributed by atoms with Gasteiger partial charge in [0, 0.05) is 9.52 Å². The number of fused-ring (bicyclic) bond motifs is 2. The van der Waals surface area contributed by atoms with Crippen LogP contribution in [0.4, 0.5) is 0 Å². The zero-order valence-corrected chi connectivity index (χ0v) is 18.7. The Labute approximate surface area is 177 Å². The molecule has 0 saturated carbocycles. The van der Waals surface area contributed by atoms with Crippen molar-refractivity contribution < 1.29 is 35.6 Å². The van der Waals surface area contributed by atoms with Crippen molar-refractivity contribution in [1.82, 2.24) is 0 Å². The fourth-order valence-corrected chi connectivity index (χ4v) is 2.89. The van der Waals surface area contributed by atoms with Gasteiger partial charge in [0.15, 0.2) is 0 Å². The van der Waals surface area contributed by atoms with Crippen LogP contribution in [0.3, 0.4) is 0 Å². The Morgan fingerprint density at radius 2 is 1.04 bits per heavy atom. The Kier molecular flexibility index (Phi) is 16.4. The monoisotopic (exact) mass is 444 g/mol. The Morgan fingerprint density at radius 3 is 1.35 bits per heavy atom. The van der Waals surface area contributed by atoms with Gasteiger partial charge >= 0.3 is 26.2 Å². The first-order valence-electron chi connectivity index (χ1n) is 8.26. The minimum atomic E-state index is 0. The molecule has 0 fully saturated rings. The third kappa shape index (κ3) is 8.82. The van der Waals surface area contributed by atoms with Gasteiger partial charge in [-0.2, -0.15) is 35.0 Å². The van der Waals surface area contributed by atoms with Crippen molar-refractivity contribution in [3.63, 3.8) is 0 Å². The van der Waals surface area contributed by atoms with Crippen LogP contribution in [0, 0.1) is 0 Å². The van der Waals surface area contributed by atoms with Gasteiger partial charge in [-0.25, -0.2) is 0 Å². The van der Waals surface area contributed by atoms with Gasteiger partial charge in [-0.15, -0.1) is 59.3 Å². The average molecular weight is 446 g/mol. The molecule has 4 aromatic carbocycles. The average Bonchev–Trinajstić information content (AvgIpc) is 3.26. The summed E-state index contributed by atoms with van der Waals surface area (Å²) in [6.07, 6.45) is 0. The molecule has 0 atom stereocenters. The van der Waals surface area contributed by atoms with E-state index >= 15 is 0 Å². The van der Waals surface area contributed by atoms with E-state index in [-0.39, 0.29) is 35.6 Å². The first kappa shape index (κ1) is 26.8. The van der Waals surface area contributed by atoms with Gasteiger partial charge in [0.05, 0.1) is 0 Å². The van der Waals surface area contributed by atoms with Gasteiger partial charge in [-0.1, -0.05) is 38.1 Å². The van der Waals surface area contributed by atoms with Crippen molar-refractivity contribution in [3.05, 3.63) is 84.9 Å². The predicted octanol–water partition coefficient (Wildman–Crippen LogP) is 0.690. The molecule has 4 rings (SSSR count). The molecule has 2 radical (unpaired) electrons. The summed E-state index contributed by atoms with van der Waals surface area (Å²) < 4.78 is 0. The van der Waals surface area contributed by atoms with E-state index in [4.69, 9.17) is 0 Å². The topological polar surface area (TPSA) is 0 Å². The fourth-order valence-electron chi connectivity index (χ4n) is 2.39. The quantitative estimate of drug-likeness (QED) is 0.315. The maximum Gasteiger partial charge on any atom is 4.00 e. The summed E-state index contributed by atoms with van der Waals surface area (Å²) in [6.45, 7) is 4.45. The van der Waals surface area contributed by atoms with E-state index in [1.807, 2.05) is 0 Å². The predicted molar refractivity (Wildman–Crippen MR) is 106 cm³/mol. The van der Waals surface area contributed by atoms with Crippen LogP contribution in [-0.2, 0) is 26.2 Å². The van der Waals surface area contributed by atoms with Crippen molar-refractivity contribution >= 4 is 31.1 Å². The summed E-state index contributed by atoms with van der Waals surface area (Å²) in [7, 11) is 1.20. The van der Waals surface area contributed by atoms with Crippen LogP contribution >= 0.6 is 0 Å². The summed E-state index contributed by atoms with van der Waals surface area (Å²) in [5, 5.41) is 5.32. The molecule has 134 valence electrons.